The van der Waals surface area contributed by atoms with E-state index in [0.717, 1.165) is 6.07 Å². The van der Waals surface area contributed by atoms with E-state index >= 15 is 0 Å². The summed E-state index contributed by atoms with van der Waals surface area (Å²) >= 11 is -2.63. The molecule has 1 unspecified atom stereocenters. The predicted molar refractivity (Wildman–Crippen MR) is 43.4 cm³/mol. The number of hydrogen-bond acceptors (Lipinski definition) is 2. The zero-order valence-corrected chi connectivity index (χ0v) is 10.9. The van der Waals surface area contributed by atoms with Crippen molar-refractivity contribution < 1.29 is 51.5 Å². The van der Waals surface area contributed by atoms with Crippen molar-refractivity contribution in [3.63, 3.8) is 0 Å². The molecule has 0 aliphatic heterocycles. The smallest absolute Gasteiger partial charge is 0.768 e. The van der Waals surface area contributed by atoms with Gasteiger partial charge in [0.05, 0.1) is 5.56 Å². The van der Waals surface area contributed by atoms with E-state index in [4.69, 9.17) is 0 Å². The molecule has 0 fully saturated rings. The molecule has 1 rings (SSSR count). The Bertz CT molecular complexity index is 379. The Hall–Kier alpha value is 0.120. The van der Waals surface area contributed by atoms with Crippen LogP contribution in [0.15, 0.2) is 23.1 Å². The minimum absolute atomic E-state index is 0. The molecule has 1 aromatic rings. The molecule has 1 aromatic carbocycles. The van der Waals surface area contributed by atoms with Gasteiger partial charge in [-0.2, -0.15) is 13.2 Å². The van der Waals surface area contributed by atoms with Crippen LogP contribution in [0.5, 0.6) is 0 Å². The molecule has 0 aromatic heterocycles. The minimum Gasteiger partial charge on any atom is -0.768 e. The van der Waals surface area contributed by atoms with Gasteiger partial charge in [0.2, 0.25) is 0 Å². The fourth-order valence-electron chi connectivity index (χ4n) is 1.01. The number of aryl methyl sites for hydroxylation is 1. The van der Waals surface area contributed by atoms with E-state index < -0.39 is 22.8 Å². The molecule has 2 nitrogen and oxygen atoms in total. The maximum Gasteiger partial charge on any atom is 1.00 e. The van der Waals surface area contributed by atoms with Gasteiger partial charge in [0.1, 0.15) is 0 Å². The molecule has 0 heterocycles. The summed E-state index contributed by atoms with van der Waals surface area (Å²) in [4.78, 5) is -0.350. The zero-order chi connectivity index (χ0) is 10.9. The fraction of sp³-hybridized carbons (Fsp3) is 0.250. The summed E-state index contributed by atoms with van der Waals surface area (Å²) in [6.07, 6.45) is -4.51. The first-order chi connectivity index (χ1) is 6.30. The second-order valence-electron chi connectivity index (χ2n) is 2.77. The standard InChI is InChI=1S/C8H7F3O2S.Na/c1-5-2-6(8(9,10)11)4-7(3-5)14(12)13;/h2-4H,1H3,(H,12,13);/q;+1/p-1. The van der Waals surface area contributed by atoms with Gasteiger partial charge in [0.25, 0.3) is 0 Å². The number of hydrogen-bond donors (Lipinski definition) is 0. The quantitative estimate of drug-likeness (QED) is 0.483. The summed E-state index contributed by atoms with van der Waals surface area (Å²) in [5.74, 6) is 0. The maximum absolute atomic E-state index is 12.2. The normalized spacial score (nSPS) is 13.1. The molecule has 0 radical (unpaired) electrons. The van der Waals surface area contributed by atoms with E-state index in [1.807, 2.05) is 0 Å². The average molecular weight is 246 g/mol. The monoisotopic (exact) mass is 246 g/mol. The number of benzene rings is 1. The van der Waals surface area contributed by atoms with E-state index in [9.17, 15) is 21.9 Å². The van der Waals surface area contributed by atoms with Gasteiger partial charge in [-0.1, -0.05) is 0 Å². The molecular weight excluding hydrogens is 240 g/mol. The summed E-state index contributed by atoms with van der Waals surface area (Å²) in [6, 6.07) is 2.69. The van der Waals surface area contributed by atoms with E-state index in [1.165, 1.54) is 13.0 Å². The Morgan fingerprint density at radius 2 is 1.80 bits per heavy atom. The Morgan fingerprint density at radius 1 is 1.27 bits per heavy atom. The molecule has 0 aliphatic rings. The molecule has 0 amide bonds. The number of halogens is 3. The van der Waals surface area contributed by atoms with Gasteiger partial charge < -0.3 is 4.55 Å². The Kier molecular flexibility index (Phi) is 5.49. The third-order valence-electron chi connectivity index (χ3n) is 1.57. The Morgan fingerprint density at radius 3 is 2.20 bits per heavy atom. The summed E-state index contributed by atoms with van der Waals surface area (Å²) in [6.45, 7) is 1.41. The summed E-state index contributed by atoms with van der Waals surface area (Å²) in [5, 5.41) is 0. The maximum atomic E-state index is 12.2. The van der Waals surface area contributed by atoms with Crippen molar-refractivity contribution in [3.8, 4) is 0 Å². The first-order valence-corrected chi connectivity index (χ1v) is 4.66. The predicted octanol–water partition coefficient (Wildman–Crippen LogP) is -0.744. The Labute approximate surface area is 109 Å². The van der Waals surface area contributed by atoms with E-state index in [0.29, 0.717) is 6.07 Å². The van der Waals surface area contributed by atoms with Gasteiger partial charge in [0.15, 0.2) is 0 Å². The molecule has 0 spiro atoms. The molecule has 7 heteroatoms. The van der Waals surface area contributed by atoms with Crippen LogP contribution in [-0.4, -0.2) is 8.76 Å². The summed E-state index contributed by atoms with van der Waals surface area (Å²) in [5.41, 5.74) is -0.685. The van der Waals surface area contributed by atoms with Crippen molar-refractivity contribution in [2.75, 3.05) is 0 Å². The second kappa shape index (κ2) is 5.45. The molecule has 15 heavy (non-hydrogen) atoms. The minimum atomic E-state index is -4.51. The first-order valence-electron chi connectivity index (χ1n) is 3.59. The van der Waals surface area contributed by atoms with Crippen LogP contribution in [0, 0.1) is 6.92 Å². The third-order valence-corrected chi connectivity index (χ3v) is 2.19. The van der Waals surface area contributed by atoms with E-state index in [1.54, 1.807) is 0 Å². The van der Waals surface area contributed by atoms with Gasteiger partial charge in [-0.15, -0.1) is 0 Å². The second-order valence-corrected chi connectivity index (χ2v) is 3.71. The molecule has 1 atom stereocenters. The first kappa shape index (κ1) is 15.1. The van der Waals surface area contributed by atoms with E-state index in [2.05, 4.69) is 0 Å². The van der Waals surface area contributed by atoms with Gasteiger partial charge >= 0.3 is 35.7 Å². The van der Waals surface area contributed by atoms with Crippen LogP contribution in [-0.2, 0) is 17.3 Å². The van der Waals surface area contributed by atoms with Crippen LogP contribution < -0.4 is 29.6 Å². The van der Waals surface area contributed by atoms with Crippen LogP contribution in [0.4, 0.5) is 13.2 Å². The number of alkyl halides is 3. The molecule has 0 saturated carbocycles. The third kappa shape index (κ3) is 4.24. The molecular formula is C8H6F3NaO2S. The van der Waals surface area contributed by atoms with Gasteiger partial charge in [-0.3, -0.25) is 4.21 Å². The molecule has 0 aliphatic carbocycles. The SMILES string of the molecule is Cc1cc(S(=O)[O-])cc(C(F)(F)F)c1.[Na+]. The summed E-state index contributed by atoms with van der Waals surface area (Å²) < 4.78 is 57.6. The van der Waals surface area contributed by atoms with Crippen molar-refractivity contribution >= 4 is 11.1 Å². The van der Waals surface area contributed by atoms with Crippen LogP contribution >= 0.6 is 0 Å². The van der Waals surface area contributed by atoms with Gasteiger partial charge in [-0.25, -0.2) is 0 Å². The number of rotatable bonds is 1. The van der Waals surface area contributed by atoms with Crippen molar-refractivity contribution in [2.24, 2.45) is 0 Å². The largest absolute Gasteiger partial charge is 1.00 e. The van der Waals surface area contributed by atoms with Crippen molar-refractivity contribution in [1.82, 2.24) is 0 Å². The van der Waals surface area contributed by atoms with Crippen LogP contribution in [0.25, 0.3) is 0 Å². The van der Waals surface area contributed by atoms with E-state index in [-0.39, 0.29) is 40.0 Å². The van der Waals surface area contributed by atoms with Crippen molar-refractivity contribution in [2.45, 2.75) is 18.0 Å². The van der Waals surface area contributed by atoms with Gasteiger partial charge in [-0.05, 0) is 41.8 Å². The molecule has 0 bridgehead atoms. The Balaban J connectivity index is 0.00000196. The average Bonchev–Trinajstić information content (AvgIpc) is 2.01. The van der Waals surface area contributed by atoms with Crippen molar-refractivity contribution in [1.29, 1.82) is 0 Å². The molecule has 78 valence electrons. The van der Waals surface area contributed by atoms with Crippen molar-refractivity contribution in [3.05, 3.63) is 29.3 Å². The van der Waals surface area contributed by atoms with Crippen LogP contribution in [0.3, 0.4) is 0 Å². The van der Waals surface area contributed by atoms with Crippen LogP contribution in [0.1, 0.15) is 11.1 Å². The summed E-state index contributed by atoms with van der Waals surface area (Å²) in [7, 11) is 0. The topological polar surface area (TPSA) is 40.1 Å². The van der Waals surface area contributed by atoms with Gasteiger partial charge in [0, 0.05) is 4.90 Å². The van der Waals surface area contributed by atoms with Crippen LogP contribution in [0.2, 0.25) is 0 Å². The molecule has 0 saturated heterocycles. The zero-order valence-electron chi connectivity index (χ0n) is 8.09. The fourth-order valence-corrected chi connectivity index (χ4v) is 1.51. The molecule has 0 N–H and O–H groups in total.